The van der Waals surface area contributed by atoms with Crippen molar-refractivity contribution in [3.63, 3.8) is 0 Å². The highest BCUT2D eigenvalue weighted by atomic mass is 32.2. The molecule has 0 fully saturated rings. The predicted molar refractivity (Wildman–Crippen MR) is 289 cm³/mol. The molecule has 6 heteroatoms. The van der Waals surface area contributed by atoms with Crippen molar-refractivity contribution in [3.05, 3.63) is 203 Å². The summed E-state index contributed by atoms with van der Waals surface area (Å²) in [5.74, 6) is 0. The van der Waals surface area contributed by atoms with E-state index in [1.54, 1.807) is 0 Å². The van der Waals surface area contributed by atoms with Gasteiger partial charge < -0.3 is 9.47 Å². The third-order valence-electron chi connectivity index (χ3n) is 11.8. The summed E-state index contributed by atoms with van der Waals surface area (Å²) >= 11 is 1.86. The molecule has 0 radical (unpaired) electrons. The molecule has 2 aliphatic rings. The molecular formula is C59H65N5S. The summed E-state index contributed by atoms with van der Waals surface area (Å²) in [6.45, 7) is 22.0. The lowest BCUT2D eigenvalue weighted by Crippen LogP contribution is -2.36. The van der Waals surface area contributed by atoms with Crippen LogP contribution in [0.15, 0.2) is 202 Å². The molecule has 5 aromatic carbocycles. The SMILES string of the molecule is C=C/C(=C\C)N(C/C=C\CCCC)C1CC=C(c2ccc3c(c2)c2c4ccccc4ccc2n3-c2cccc(CN=C)c2)C=C1SC.C=NCC1=CCCC=C1.C=NCc1ccccc1. The number of benzene rings is 5. The number of hydrogen-bond donors (Lipinski definition) is 0. The van der Waals surface area contributed by atoms with Crippen molar-refractivity contribution in [2.45, 2.75) is 71.5 Å². The highest BCUT2D eigenvalue weighted by Gasteiger charge is 2.25. The van der Waals surface area contributed by atoms with Gasteiger partial charge in [0, 0.05) is 33.6 Å². The molecule has 0 amide bonds. The van der Waals surface area contributed by atoms with Gasteiger partial charge in [0.1, 0.15) is 0 Å². The van der Waals surface area contributed by atoms with Gasteiger partial charge in [-0.3, -0.25) is 15.0 Å². The number of unbranched alkanes of at least 4 members (excludes halogenated alkanes) is 2. The molecule has 6 aromatic rings. The first-order chi connectivity index (χ1) is 32.0. The van der Waals surface area contributed by atoms with Gasteiger partial charge in [0.05, 0.1) is 36.7 Å². The number of fused-ring (bicyclic) bond motifs is 5. The second-order valence-corrected chi connectivity index (χ2v) is 17.0. The Labute approximate surface area is 392 Å². The fourth-order valence-electron chi connectivity index (χ4n) is 8.58. The van der Waals surface area contributed by atoms with Crippen LogP contribution in [-0.2, 0) is 13.1 Å². The summed E-state index contributed by atoms with van der Waals surface area (Å²) in [7, 11) is 0. The highest BCUT2D eigenvalue weighted by Crippen LogP contribution is 2.40. The average Bonchev–Trinajstić information content (AvgIpc) is 3.69. The van der Waals surface area contributed by atoms with Crippen molar-refractivity contribution in [3.8, 4) is 5.69 Å². The largest absolute Gasteiger partial charge is 0.360 e. The lowest BCUT2D eigenvalue weighted by atomic mass is 9.94. The molecule has 0 bridgehead atoms. The number of nitrogens with zero attached hydrogens (tertiary/aromatic N) is 5. The molecule has 1 unspecified atom stereocenters. The number of thioether (sulfide) groups is 1. The number of aromatic nitrogens is 1. The minimum atomic E-state index is 0.278. The molecule has 0 N–H and O–H groups in total. The maximum absolute atomic E-state index is 4.15. The monoisotopic (exact) mass is 875 g/mol. The molecule has 0 saturated heterocycles. The maximum Gasteiger partial charge on any atom is 0.0639 e. The molecule has 2 aliphatic carbocycles. The maximum atomic E-state index is 4.15. The molecule has 1 aromatic heterocycles. The zero-order valence-corrected chi connectivity index (χ0v) is 39.5. The van der Waals surface area contributed by atoms with Gasteiger partial charge in [-0.25, -0.2) is 0 Å². The van der Waals surface area contributed by atoms with E-state index in [0.29, 0.717) is 6.54 Å². The lowest BCUT2D eigenvalue weighted by Gasteiger charge is -2.36. The number of rotatable bonds is 17. The van der Waals surface area contributed by atoms with E-state index in [2.05, 4.69) is 199 Å². The van der Waals surface area contributed by atoms with Crippen molar-refractivity contribution >= 4 is 70.1 Å². The average molecular weight is 876 g/mol. The quantitative estimate of drug-likeness (QED) is 0.0397. The minimum Gasteiger partial charge on any atom is -0.360 e. The Morgan fingerprint density at radius 3 is 2.26 bits per heavy atom. The Hall–Kier alpha value is -6.50. The number of aliphatic imine (C=N–C) groups is 3. The van der Waals surface area contributed by atoms with Gasteiger partial charge in [0.25, 0.3) is 0 Å². The fourth-order valence-corrected chi connectivity index (χ4v) is 9.32. The standard InChI is InChI=1S/C43H45N3S.C8H11N.C8H9N/c1-6-9-10-11-14-26-45(35(7-2)8-3)40-24-22-34(29-42(40)47-5)33-21-23-39-38(28-33)43-37-19-13-12-17-32(37)20-25-41(43)46(39)36-18-15-16-31(27-36)30-44-4;2*1-9-7-8-5-3-2-4-6-8/h7-8,11-23,25,27-29,40H,2,4,6,9-10,24,26,30H2,1,3,5H3;3,5-6H,1-2,4,7H2;2-6H,1,7H2/b14-11-,35-8+;;. The van der Waals surface area contributed by atoms with Crippen LogP contribution in [0.3, 0.4) is 0 Å². The van der Waals surface area contributed by atoms with Crippen LogP contribution >= 0.6 is 11.8 Å². The molecule has 332 valence electrons. The van der Waals surface area contributed by atoms with Crippen LogP contribution in [0.5, 0.6) is 0 Å². The summed E-state index contributed by atoms with van der Waals surface area (Å²) in [6.07, 6.45) is 29.3. The van der Waals surface area contributed by atoms with E-state index in [1.165, 1.54) is 91.1 Å². The number of hydrogen-bond acceptors (Lipinski definition) is 5. The first kappa shape index (κ1) is 48.0. The Morgan fingerprint density at radius 1 is 0.785 bits per heavy atom. The van der Waals surface area contributed by atoms with Gasteiger partial charge in [-0.1, -0.05) is 148 Å². The van der Waals surface area contributed by atoms with Crippen LogP contribution in [0.25, 0.3) is 43.8 Å². The van der Waals surface area contributed by atoms with E-state index in [4.69, 9.17) is 0 Å². The summed E-state index contributed by atoms with van der Waals surface area (Å²) < 4.78 is 2.40. The van der Waals surface area contributed by atoms with Crippen molar-refractivity contribution in [1.29, 1.82) is 0 Å². The Balaban J connectivity index is 0.000000321. The predicted octanol–water partition coefficient (Wildman–Crippen LogP) is 15.5. The van der Waals surface area contributed by atoms with Gasteiger partial charge in [-0.05, 0) is 140 Å². The Bertz CT molecular complexity index is 2760. The molecule has 0 aliphatic heterocycles. The highest BCUT2D eigenvalue weighted by molar-refractivity contribution is 8.02. The van der Waals surface area contributed by atoms with Gasteiger partial charge in [0.2, 0.25) is 0 Å². The fraction of sp³-hybridized carbons (Fsp3) is 0.237. The van der Waals surface area contributed by atoms with Gasteiger partial charge in [-0.15, -0.1) is 11.8 Å². The van der Waals surface area contributed by atoms with Crippen molar-refractivity contribution in [2.24, 2.45) is 15.0 Å². The zero-order chi connectivity index (χ0) is 45.8. The van der Waals surface area contributed by atoms with Crippen LogP contribution < -0.4 is 0 Å². The van der Waals surface area contributed by atoms with Crippen LogP contribution in [0.1, 0.15) is 69.1 Å². The van der Waals surface area contributed by atoms with E-state index in [0.717, 1.165) is 43.7 Å². The van der Waals surface area contributed by atoms with Crippen LogP contribution in [0.4, 0.5) is 0 Å². The van der Waals surface area contributed by atoms with E-state index >= 15 is 0 Å². The second kappa shape index (κ2) is 25.1. The first-order valence-electron chi connectivity index (χ1n) is 22.9. The smallest absolute Gasteiger partial charge is 0.0639 e. The third kappa shape index (κ3) is 12.4. The molecule has 1 heterocycles. The van der Waals surface area contributed by atoms with Gasteiger partial charge in [-0.2, -0.15) is 0 Å². The van der Waals surface area contributed by atoms with E-state index in [9.17, 15) is 0 Å². The summed E-state index contributed by atoms with van der Waals surface area (Å²) in [5, 5.41) is 5.09. The summed E-state index contributed by atoms with van der Waals surface area (Å²) in [4.78, 5) is 15.6. The van der Waals surface area contributed by atoms with Crippen molar-refractivity contribution in [1.82, 2.24) is 9.47 Å². The second-order valence-electron chi connectivity index (χ2n) is 16.2. The molecular weight excluding hydrogens is 811 g/mol. The molecule has 0 saturated carbocycles. The van der Waals surface area contributed by atoms with Crippen LogP contribution in [-0.4, -0.2) is 55.0 Å². The van der Waals surface area contributed by atoms with Crippen molar-refractivity contribution in [2.75, 3.05) is 19.3 Å². The van der Waals surface area contributed by atoms with Gasteiger partial charge >= 0.3 is 0 Å². The molecule has 65 heavy (non-hydrogen) atoms. The molecule has 5 nitrogen and oxygen atoms in total. The van der Waals surface area contributed by atoms with Crippen LogP contribution in [0, 0.1) is 0 Å². The summed E-state index contributed by atoms with van der Waals surface area (Å²) in [6, 6.07) is 39.3. The number of allylic oxidation sites excluding steroid dienone is 7. The third-order valence-corrected chi connectivity index (χ3v) is 12.6. The van der Waals surface area contributed by atoms with E-state index < -0.39 is 0 Å². The van der Waals surface area contributed by atoms with E-state index in [1.807, 2.05) is 48.2 Å². The zero-order valence-electron chi connectivity index (χ0n) is 38.7. The van der Waals surface area contributed by atoms with Crippen LogP contribution in [0.2, 0.25) is 0 Å². The van der Waals surface area contributed by atoms with Gasteiger partial charge in [0.15, 0.2) is 0 Å². The first-order valence-corrected chi connectivity index (χ1v) is 24.1. The van der Waals surface area contributed by atoms with E-state index in [-0.39, 0.29) is 6.04 Å². The normalized spacial score (nSPS) is 14.7. The lowest BCUT2D eigenvalue weighted by molar-refractivity contribution is 0.326. The Morgan fingerprint density at radius 2 is 1.54 bits per heavy atom. The minimum absolute atomic E-state index is 0.278. The molecule has 0 spiro atoms. The Kier molecular flexibility index (Phi) is 18.5. The molecule has 8 rings (SSSR count). The summed E-state index contributed by atoms with van der Waals surface area (Å²) in [5.41, 5.74) is 10.9. The topological polar surface area (TPSA) is 45.2 Å². The molecule has 1 atom stereocenters. The van der Waals surface area contributed by atoms with Crippen molar-refractivity contribution < 1.29 is 0 Å².